The van der Waals surface area contributed by atoms with Gasteiger partial charge in [-0.3, -0.25) is 15.1 Å². The van der Waals surface area contributed by atoms with E-state index in [0.29, 0.717) is 0 Å². The fraction of sp³-hybridized carbons (Fsp3) is 0.261. The van der Waals surface area contributed by atoms with Crippen LogP contribution in [0.2, 0.25) is 0 Å². The largest absolute Gasteiger partial charge is 0.378 e. The molecule has 0 atom stereocenters. The van der Waals surface area contributed by atoms with E-state index in [1.807, 2.05) is 48.9 Å². The first-order chi connectivity index (χ1) is 14.5. The number of benzene rings is 2. The maximum absolute atomic E-state index is 11.1. The monoisotopic (exact) mass is 404 g/mol. The van der Waals surface area contributed by atoms with Gasteiger partial charge in [0.25, 0.3) is 5.69 Å². The quantitative estimate of drug-likeness (QED) is 0.354. The van der Waals surface area contributed by atoms with Gasteiger partial charge in [-0.05, 0) is 50.2 Å². The van der Waals surface area contributed by atoms with Crippen LogP contribution >= 0.6 is 0 Å². The van der Waals surface area contributed by atoms with Gasteiger partial charge in [-0.25, -0.2) is 0 Å². The van der Waals surface area contributed by atoms with Gasteiger partial charge in [0.15, 0.2) is 0 Å². The zero-order valence-corrected chi connectivity index (χ0v) is 17.1. The van der Waals surface area contributed by atoms with Gasteiger partial charge in [-0.2, -0.15) is 0 Å². The molecule has 1 aliphatic rings. The molecule has 0 aliphatic carbocycles. The van der Waals surface area contributed by atoms with Crippen LogP contribution in [0.1, 0.15) is 17.0 Å². The highest BCUT2D eigenvalue weighted by Crippen LogP contribution is 2.24. The van der Waals surface area contributed by atoms with Crippen molar-refractivity contribution in [2.24, 2.45) is 4.99 Å². The molecular weight excluding hydrogens is 380 g/mol. The van der Waals surface area contributed by atoms with E-state index < -0.39 is 0 Å². The minimum absolute atomic E-state index is 0.0792. The molecule has 4 rings (SSSR count). The highest BCUT2D eigenvalue weighted by atomic mass is 16.6. The Morgan fingerprint density at radius 3 is 2.47 bits per heavy atom. The summed E-state index contributed by atoms with van der Waals surface area (Å²) in [7, 11) is 0. The molecule has 154 valence electrons. The summed E-state index contributed by atoms with van der Waals surface area (Å²) in [5, 5.41) is 11.1. The number of nitrogens with zero attached hydrogens (tertiary/aromatic N) is 4. The number of morpholine rings is 1. The molecule has 2 aromatic carbocycles. The van der Waals surface area contributed by atoms with Gasteiger partial charge >= 0.3 is 0 Å². The number of hydrogen-bond acceptors (Lipinski definition) is 5. The summed E-state index contributed by atoms with van der Waals surface area (Å²) < 4.78 is 7.41. The number of anilines is 1. The Labute approximate surface area is 175 Å². The van der Waals surface area contributed by atoms with E-state index in [1.165, 1.54) is 11.8 Å². The number of non-ortho nitro benzene ring substituents is 1. The number of aryl methyl sites for hydroxylation is 1. The molecule has 0 saturated carbocycles. The molecule has 1 saturated heterocycles. The van der Waals surface area contributed by atoms with E-state index in [2.05, 4.69) is 22.0 Å². The first kappa shape index (κ1) is 19.8. The third-order valence-electron chi connectivity index (χ3n) is 5.35. The minimum atomic E-state index is -0.374. The van der Waals surface area contributed by atoms with E-state index in [9.17, 15) is 10.1 Å². The maximum Gasteiger partial charge on any atom is 0.271 e. The number of rotatable bonds is 5. The summed E-state index contributed by atoms with van der Waals surface area (Å²) >= 11 is 0. The number of aliphatic imine (C=N–C) groups is 1. The van der Waals surface area contributed by atoms with Crippen molar-refractivity contribution in [2.45, 2.75) is 13.8 Å². The molecule has 2 heterocycles. The molecule has 0 N–H and O–H groups in total. The fourth-order valence-electron chi connectivity index (χ4n) is 3.78. The molecule has 0 radical (unpaired) electrons. The second kappa shape index (κ2) is 8.51. The first-order valence-corrected chi connectivity index (χ1v) is 9.93. The minimum Gasteiger partial charge on any atom is -0.378 e. The van der Waals surface area contributed by atoms with Crippen molar-refractivity contribution in [3.05, 3.63) is 81.7 Å². The average molecular weight is 404 g/mol. The van der Waals surface area contributed by atoms with Crippen molar-refractivity contribution in [3.8, 4) is 5.69 Å². The third-order valence-corrected chi connectivity index (χ3v) is 5.35. The molecule has 1 aliphatic heterocycles. The number of nitro benzene ring substituents is 1. The smallest absolute Gasteiger partial charge is 0.271 e. The van der Waals surface area contributed by atoms with Crippen LogP contribution in [0.4, 0.5) is 17.1 Å². The lowest BCUT2D eigenvalue weighted by molar-refractivity contribution is -0.384. The lowest BCUT2D eigenvalue weighted by Gasteiger charge is -2.28. The molecular formula is C23H24N4O3. The summed E-state index contributed by atoms with van der Waals surface area (Å²) in [6.45, 7) is 7.33. The number of hydrogen-bond donors (Lipinski definition) is 0. The Morgan fingerprint density at radius 1 is 1.03 bits per heavy atom. The third kappa shape index (κ3) is 4.11. The zero-order valence-electron chi connectivity index (χ0n) is 17.1. The number of nitro groups is 1. The summed E-state index contributed by atoms with van der Waals surface area (Å²) in [5.41, 5.74) is 5.88. The number of ether oxygens (including phenoxy) is 1. The molecule has 0 spiro atoms. The molecule has 0 amide bonds. The van der Waals surface area contributed by atoms with Crippen LogP contribution in [0, 0.1) is 24.0 Å². The van der Waals surface area contributed by atoms with Crippen molar-refractivity contribution >= 4 is 23.3 Å². The summed E-state index contributed by atoms with van der Waals surface area (Å²) in [5.74, 6) is 0. The molecule has 1 fully saturated rings. The second-order valence-corrected chi connectivity index (χ2v) is 7.31. The standard InChI is InChI=1S/C23H24N4O3/c1-17-14-19(18(2)26(17)22-4-3-5-23(15-22)27(28)29)16-24-20-6-8-21(9-7-20)25-10-12-30-13-11-25/h3-9,14-16H,10-13H2,1-2H3. The Kier molecular flexibility index (Phi) is 5.63. The molecule has 0 bridgehead atoms. The topological polar surface area (TPSA) is 72.9 Å². The predicted octanol–water partition coefficient (Wildman–Crippen LogP) is 4.59. The van der Waals surface area contributed by atoms with E-state index in [1.54, 1.807) is 12.1 Å². The van der Waals surface area contributed by atoms with Crippen molar-refractivity contribution in [2.75, 3.05) is 31.2 Å². The predicted molar refractivity (Wildman–Crippen MR) is 119 cm³/mol. The van der Waals surface area contributed by atoms with Gasteiger partial charge in [0.2, 0.25) is 0 Å². The number of aromatic nitrogens is 1. The Balaban J connectivity index is 1.55. The maximum atomic E-state index is 11.1. The van der Waals surface area contributed by atoms with Crippen LogP contribution in [0.15, 0.2) is 59.6 Å². The van der Waals surface area contributed by atoms with E-state index in [-0.39, 0.29) is 10.6 Å². The summed E-state index contributed by atoms with van der Waals surface area (Å²) in [6, 6.07) is 16.9. The van der Waals surface area contributed by atoms with E-state index in [4.69, 9.17) is 4.74 Å². The molecule has 3 aromatic rings. The highest BCUT2D eigenvalue weighted by molar-refractivity contribution is 5.84. The normalized spacial score (nSPS) is 14.4. The lowest BCUT2D eigenvalue weighted by atomic mass is 10.2. The summed E-state index contributed by atoms with van der Waals surface area (Å²) in [6.07, 6.45) is 1.85. The van der Waals surface area contributed by atoms with Crippen molar-refractivity contribution in [1.29, 1.82) is 0 Å². The second-order valence-electron chi connectivity index (χ2n) is 7.31. The van der Waals surface area contributed by atoms with Crippen LogP contribution < -0.4 is 4.90 Å². The fourth-order valence-corrected chi connectivity index (χ4v) is 3.78. The highest BCUT2D eigenvalue weighted by Gasteiger charge is 2.13. The van der Waals surface area contributed by atoms with Crippen molar-refractivity contribution < 1.29 is 9.66 Å². The molecule has 7 nitrogen and oxygen atoms in total. The van der Waals surface area contributed by atoms with Crippen LogP contribution in [0.3, 0.4) is 0 Å². The van der Waals surface area contributed by atoms with Crippen LogP contribution in [0.5, 0.6) is 0 Å². The Hall–Kier alpha value is -3.45. The van der Waals surface area contributed by atoms with Crippen LogP contribution in [-0.2, 0) is 4.74 Å². The Morgan fingerprint density at radius 2 is 1.77 bits per heavy atom. The lowest BCUT2D eigenvalue weighted by Crippen LogP contribution is -2.36. The Bertz CT molecular complexity index is 1080. The average Bonchev–Trinajstić information content (AvgIpc) is 3.06. The van der Waals surface area contributed by atoms with Crippen LogP contribution in [-0.4, -0.2) is 42.0 Å². The van der Waals surface area contributed by atoms with Crippen molar-refractivity contribution in [3.63, 3.8) is 0 Å². The molecule has 7 heteroatoms. The van der Waals surface area contributed by atoms with Gasteiger partial charge in [-0.15, -0.1) is 0 Å². The van der Waals surface area contributed by atoms with Gasteiger partial charge in [-0.1, -0.05) is 6.07 Å². The van der Waals surface area contributed by atoms with Crippen molar-refractivity contribution in [1.82, 2.24) is 4.57 Å². The molecule has 1 aromatic heterocycles. The first-order valence-electron chi connectivity index (χ1n) is 9.93. The van der Waals surface area contributed by atoms with E-state index >= 15 is 0 Å². The van der Waals surface area contributed by atoms with E-state index in [0.717, 1.165) is 54.6 Å². The summed E-state index contributed by atoms with van der Waals surface area (Å²) in [4.78, 5) is 17.7. The van der Waals surface area contributed by atoms with Gasteiger partial charge in [0, 0.05) is 54.1 Å². The van der Waals surface area contributed by atoms with Gasteiger partial charge < -0.3 is 14.2 Å². The molecule has 0 unspecified atom stereocenters. The van der Waals surface area contributed by atoms with Crippen LogP contribution in [0.25, 0.3) is 5.69 Å². The van der Waals surface area contributed by atoms with Gasteiger partial charge in [0.05, 0.1) is 29.5 Å². The SMILES string of the molecule is Cc1cc(C=Nc2ccc(N3CCOCC3)cc2)c(C)n1-c1cccc([N+](=O)[O-])c1. The van der Waals surface area contributed by atoms with Gasteiger partial charge in [0.1, 0.15) is 0 Å². The molecule has 30 heavy (non-hydrogen) atoms. The zero-order chi connectivity index (χ0) is 21.1.